The van der Waals surface area contributed by atoms with Crippen LogP contribution in [0.3, 0.4) is 0 Å². The molecule has 1 heterocycles. The molecular formula is C16H15N3O. The Bertz CT molecular complexity index is 819. The maximum Gasteiger partial charge on any atom is 0.267 e. The lowest BCUT2D eigenvalue weighted by atomic mass is 10.2. The topological polar surface area (TPSA) is 46.9 Å². The fourth-order valence-electron chi connectivity index (χ4n) is 2.23. The molecule has 4 heteroatoms. The predicted molar refractivity (Wildman–Crippen MR) is 81.6 cm³/mol. The van der Waals surface area contributed by atoms with Crippen molar-refractivity contribution in [2.75, 3.05) is 12.4 Å². The molecule has 20 heavy (non-hydrogen) atoms. The van der Waals surface area contributed by atoms with Crippen LogP contribution in [0.2, 0.25) is 0 Å². The summed E-state index contributed by atoms with van der Waals surface area (Å²) in [5, 5.41) is 3.61. The average molecular weight is 265 g/mol. The van der Waals surface area contributed by atoms with Gasteiger partial charge < -0.3 is 5.32 Å². The van der Waals surface area contributed by atoms with E-state index < -0.39 is 0 Å². The van der Waals surface area contributed by atoms with Gasteiger partial charge in [-0.1, -0.05) is 29.8 Å². The van der Waals surface area contributed by atoms with Crippen LogP contribution in [0.1, 0.15) is 5.56 Å². The number of aryl methyl sites for hydroxylation is 1. The minimum absolute atomic E-state index is 0.0659. The van der Waals surface area contributed by atoms with E-state index >= 15 is 0 Å². The third kappa shape index (κ3) is 1.95. The van der Waals surface area contributed by atoms with E-state index in [9.17, 15) is 4.79 Å². The minimum atomic E-state index is -0.0659. The summed E-state index contributed by atoms with van der Waals surface area (Å²) in [5.41, 5.74) is 2.60. The molecule has 0 aliphatic rings. The lowest BCUT2D eigenvalue weighted by Crippen LogP contribution is -2.22. The van der Waals surface area contributed by atoms with Gasteiger partial charge in [0.15, 0.2) is 0 Å². The highest BCUT2D eigenvalue weighted by Gasteiger charge is 2.10. The number of nitrogens with one attached hydrogen (secondary N) is 1. The normalized spacial score (nSPS) is 10.7. The molecule has 100 valence electrons. The molecule has 0 aliphatic heterocycles. The van der Waals surface area contributed by atoms with Gasteiger partial charge in [-0.15, -0.1) is 0 Å². The third-order valence-electron chi connectivity index (χ3n) is 3.29. The summed E-state index contributed by atoms with van der Waals surface area (Å²) < 4.78 is 1.60. The first-order chi connectivity index (χ1) is 9.70. The summed E-state index contributed by atoms with van der Waals surface area (Å²) in [6.45, 7) is 2.02. The van der Waals surface area contributed by atoms with Crippen molar-refractivity contribution < 1.29 is 0 Å². The van der Waals surface area contributed by atoms with Crippen molar-refractivity contribution in [3.05, 3.63) is 64.4 Å². The molecule has 0 aliphatic carbocycles. The number of hydrogen-bond acceptors (Lipinski definition) is 3. The van der Waals surface area contributed by atoms with Crippen LogP contribution in [0.25, 0.3) is 16.6 Å². The van der Waals surface area contributed by atoms with Crippen molar-refractivity contribution in [3.8, 4) is 5.69 Å². The van der Waals surface area contributed by atoms with Crippen LogP contribution in [-0.4, -0.2) is 16.6 Å². The maximum atomic E-state index is 12.7. The van der Waals surface area contributed by atoms with E-state index in [2.05, 4.69) is 10.3 Å². The molecule has 0 unspecified atom stereocenters. The zero-order valence-electron chi connectivity index (χ0n) is 11.4. The highest BCUT2D eigenvalue weighted by Crippen LogP contribution is 2.16. The molecule has 3 rings (SSSR count). The number of para-hydroxylation sites is 1. The maximum absolute atomic E-state index is 12.7. The van der Waals surface area contributed by atoms with Crippen molar-refractivity contribution in [1.29, 1.82) is 0 Å². The highest BCUT2D eigenvalue weighted by molar-refractivity contribution is 5.79. The molecule has 2 aromatic carbocycles. The average Bonchev–Trinajstić information content (AvgIpc) is 2.48. The molecule has 0 radical (unpaired) electrons. The van der Waals surface area contributed by atoms with Crippen LogP contribution in [0.4, 0.5) is 5.95 Å². The largest absolute Gasteiger partial charge is 0.358 e. The number of rotatable bonds is 2. The van der Waals surface area contributed by atoms with Gasteiger partial charge in [-0.3, -0.25) is 4.79 Å². The number of hydrogen-bond donors (Lipinski definition) is 1. The van der Waals surface area contributed by atoms with Gasteiger partial charge in [0.05, 0.1) is 16.6 Å². The fraction of sp³-hybridized carbons (Fsp3) is 0.125. The number of aromatic nitrogens is 2. The second kappa shape index (κ2) is 4.81. The van der Waals surface area contributed by atoms with Crippen LogP contribution in [0.5, 0.6) is 0 Å². The van der Waals surface area contributed by atoms with Crippen LogP contribution < -0.4 is 10.9 Å². The Labute approximate surface area is 116 Å². The van der Waals surface area contributed by atoms with E-state index in [1.165, 1.54) is 0 Å². The summed E-state index contributed by atoms with van der Waals surface area (Å²) in [7, 11) is 1.77. The zero-order chi connectivity index (χ0) is 14.1. The lowest BCUT2D eigenvalue weighted by Gasteiger charge is -2.13. The van der Waals surface area contributed by atoms with Gasteiger partial charge in [-0.25, -0.2) is 9.55 Å². The van der Waals surface area contributed by atoms with E-state index in [-0.39, 0.29) is 5.56 Å². The molecule has 0 bridgehead atoms. The lowest BCUT2D eigenvalue weighted by molar-refractivity contribution is 0.967. The molecule has 4 nitrogen and oxygen atoms in total. The predicted octanol–water partition coefficient (Wildman–Crippen LogP) is 2.74. The number of nitrogens with zero attached hydrogens (tertiary/aromatic N) is 2. The van der Waals surface area contributed by atoms with Crippen molar-refractivity contribution >= 4 is 16.9 Å². The van der Waals surface area contributed by atoms with Crippen molar-refractivity contribution in [2.24, 2.45) is 0 Å². The first-order valence-electron chi connectivity index (χ1n) is 6.47. The second-order valence-corrected chi connectivity index (χ2v) is 4.68. The quantitative estimate of drug-likeness (QED) is 0.775. The Morgan fingerprint density at radius 1 is 1.05 bits per heavy atom. The van der Waals surface area contributed by atoms with Crippen LogP contribution in [0, 0.1) is 6.92 Å². The highest BCUT2D eigenvalue weighted by atomic mass is 16.1. The van der Waals surface area contributed by atoms with Gasteiger partial charge in [0.2, 0.25) is 5.95 Å². The third-order valence-corrected chi connectivity index (χ3v) is 3.29. The minimum Gasteiger partial charge on any atom is -0.358 e. The monoisotopic (exact) mass is 265 g/mol. The standard InChI is InChI=1S/C16H15N3O/c1-11-7-9-12(10-8-11)19-15(20)13-5-3-4-6-14(13)18-16(19)17-2/h3-10H,1-2H3,(H,17,18). The summed E-state index contributed by atoms with van der Waals surface area (Å²) >= 11 is 0. The van der Waals surface area contributed by atoms with Crippen molar-refractivity contribution in [2.45, 2.75) is 6.92 Å². The fourth-order valence-corrected chi connectivity index (χ4v) is 2.23. The molecule has 1 N–H and O–H groups in total. The summed E-state index contributed by atoms with van der Waals surface area (Å²) in [6, 6.07) is 15.2. The smallest absolute Gasteiger partial charge is 0.267 e. The van der Waals surface area contributed by atoms with E-state index in [0.29, 0.717) is 16.9 Å². The van der Waals surface area contributed by atoms with Gasteiger partial charge in [-0.2, -0.15) is 0 Å². The van der Waals surface area contributed by atoms with E-state index in [1.54, 1.807) is 17.7 Å². The second-order valence-electron chi connectivity index (χ2n) is 4.68. The van der Waals surface area contributed by atoms with Gasteiger partial charge in [-0.05, 0) is 31.2 Å². The van der Waals surface area contributed by atoms with E-state index in [1.807, 2.05) is 49.4 Å². The molecule has 0 saturated heterocycles. The Kier molecular flexibility index (Phi) is 2.99. The SMILES string of the molecule is CNc1nc2ccccc2c(=O)n1-c1ccc(C)cc1. The Hall–Kier alpha value is -2.62. The van der Waals surface area contributed by atoms with Crippen LogP contribution in [0.15, 0.2) is 53.3 Å². The Morgan fingerprint density at radius 3 is 2.45 bits per heavy atom. The molecule has 0 saturated carbocycles. The summed E-state index contributed by atoms with van der Waals surface area (Å²) in [6.07, 6.45) is 0. The molecule has 1 aromatic heterocycles. The van der Waals surface area contributed by atoms with Gasteiger partial charge >= 0.3 is 0 Å². The van der Waals surface area contributed by atoms with Crippen molar-refractivity contribution in [1.82, 2.24) is 9.55 Å². The Balaban J connectivity index is 2.36. The Morgan fingerprint density at radius 2 is 1.75 bits per heavy atom. The van der Waals surface area contributed by atoms with Gasteiger partial charge in [0, 0.05) is 7.05 Å². The van der Waals surface area contributed by atoms with E-state index in [4.69, 9.17) is 0 Å². The number of benzene rings is 2. The van der Waals surface area contributed by atoms with Crippen molar-refractivity contribution in [3.63, 3.8) is 0 Å². The molecule has 0 amide bonds. The summed E-state index contributed by atoms with van der Waals surface area (Å²) in [5.74, 6) is 0.539. The molecule has 0 spiro atoms. The van der Waals surface area contributed by atoms with Gasteiger partial charge in [0.1, 0.15) is 0 Å². The molecule has 0 atom stereocenters. The van der Waals surface area contributed by atoms with Crippen LogP contribution >= 0.6 is 0 Å². The summed E-state index contributed by atoms with van der Waals surface area (Å²) in [4.78, 5) is 17.2. The van der Waals surface area contributed by atoms with E-state index in [0.717, 1.165) is 11.3 Å². The molecule has 0 fully saturated rings. The molecule has 3 aromatic rings. The first kappa shape index (κ1) is 12.4. The number of fused-ring (bicyclic) bond motifs is 1. The van der Waals surface area contributed by atoms with Gasteiger partial charge in [0.25, 0.3) is 5.56 Å². The zero-order valence-corrected chi connectivity index (χ0v) is 11.4. The molecular weight excluding hydrogens is 250 g/mol. The number of anilines is 1. The van der Waals surface area contributed by atoms with Crippen LogP contribution in [-0.2, 0) is 0 Å². The first-order valence-corrected chi connectivity index (χ1v) is 6.47.